The molecule has 0 amide bonds. The van der Waals surface area contributed by atoms with E-state index in [1.54, 1.807) is 10.9 Å². The van der Waals surface area contributed by atoms with Crippen LogP contribution in [-0.4, -0.2) is 9.78 Å². The molecule has 1 aromatic heterocycles. The van der Waals surface area contributed by atoms with Gasteiger partial charge < -0.3 is 0 Å². The zero-order valence-corrected chi connectivity index (χ0v) is 6.64. The monoisotopic (exact) mass is 157 g/mol. The van der Waals surface area contributed by atoms with Crippen LogP contribution in [0.2, 0.25) is 0 Å². The zero-order chi connectivity index (χ0) is 8.23. The lowest BCUT2D eigenvalue weighted by Crippen LogP contribution is -1.99. The van der Waals surface area contributed by atoms with Gasteiger partial charge in [0.15, 0.2) is 0 Å². The molecule has 59 valence electrons. The average molecular weight is 157 g/mol. The van der Waals surface area contributed by atoms with Gasteiger partial charge in [0.2, 0.25) is 0 Å². The van der Waals surface area contributed by atoms with Gasteiger partial charge in [0.05, 0.1) is 12.7 Å². The number of rotatable bonds is 2. The van der Waals surface area contributed by atoms with Gasteiger partial charge in [-0.25, -0.2) is 0 Å². The third kappa shape index (κ3) is 1.53. The summed E-state index contributed by atoms with van der Waals surface area (Å²) in [5, 5.41) is 4.07. The molecular weight excluding hydrogens is 148 g/mol. The van der Waals surface area contributed by atoms with Crippen molar-refractivity contribution in [2.24, 2.45) is 0 Å². The summed E-state index contributed by atoms with van der Waals surface area (Å²) < 4.78 is 1.79. The van der Waals surface area contributed by atoms with E-state index in [1.807, 2.05) is 24.3 Å². The summed E-state index contributed by atoms with van der Waals surface area (Å²) in [5.41, 5.74) is 1.25. The molecule has 2 nitrogen and oxygen atoms in total. The third-order valence-electron chi connectivity index (χ3n) is 1.68. The van der Waals surface area contributed by atoms with E-state index < -0.39 is 0 Å². The number of nitrogens with zero attached hydrogens (tertiary/aromatic N) is 2. The molecule has 0 bridgehead atoms. The molecule has 2 aromatic rings. The van der Waals surface area contributed by atoms with Crippen LogP contribution in [0.3, 0.4) is 0 Å². The quantitative estimate of drug-likeness (QED) is 0.649. The molecule has 1 aromatic carbocycles. The second-order valence-corrected chi connectivity index (χ2v) is 2.60. The summed E-state index contributed by atoms with van der Waals surface area (Å²) in [6, 6.07) is 12.0. The fourth-order valence-corrected chi connectivity index (χ4v) is 1.11. The van der Waals surface area contributed by atoms with Crippen LogP contribution in [0, 0.1) is 6.20 Å². The minimum Gasteiger partial charge on any atom is -0.259 e. The van der Waals surface area contributed by atoms with Gasteiger partial charge in [-0.2, -0.15) is 5.10 Å². The third-order valence-corrected chi connectivity index (χ3v) is 1.68. The topological polar surface area (TPSA) is 17.8 Å². The number of hydrogen-bond acceptors (Lipinski definition) is 1. The maximum Gasteiger partial charge on any atom is 0.0867 e. The first-order valence-electron chi connectivity index (χ1n) is 3.88. The van der Waals surface area contributed by atoms with Crippen molar-refractivity contribution < 1.29 is 0 Å². The molecule has 0 saturated carbocycles. The van der Waals surface area contributed by atoms with E-state index in [4.69, 9.17) is 0 Å². The molecular formula is C10H9N2. The number of aromatic nitrogens is 2. The fraction of sp³-hybridized carbons (Fsp3) is 0.100. The molecule has 0 fully saturated rings. The highest BCUT2D eigenvalue weighted by Crippen LogP contribution is 1.99. The van der Waals surface area contributed by atoms with E-state index in [0.29, 0.717) is 0 Å². The highest BCUT2D eigenvalue weighted by Gasteiger charge is 1.92. The minimum atomic E-state index is 0.799. The van der Waals surface area contributed by atoms with Crippen molar-refractivity contribution in [3.8, 4) is 0 Å². The lowest BCUT2D eigenvalue weighted by Gasteiger charge is -1.99. The van der Waals surface area contributed by atoms with E-state index in [1.165, 1.54) is 5.56 Å². The van der Waals surface area contributed by atoms with Gasteiger partial charge in [-0.05, 0) is 11.6 Å². The Hall–Kier alpha value is -1.57. The van der Waals surface area contributed by atoms with Gasteiger partial charge in [0.1, 0.15) is 0 Å². The van der Waals surface area contributed by atoms with Crippen molar-refractivity contribution in [3.05, 3.63) is 54.4 Å². The minimum absolute atomic E-state index is 0.799. The normalized spacial score (nSPS) is 10.0. The fourth-order valence-electron chi connectivity index (χ4n) is 1.11. The zero-order valence-electron chi connectivity index (χ0n) is 6.64. The van der Waals surface area contributed by atoms with Gasteiger partial charge in [0.25, 0.3) is 0 Å². The lowest BCUT2D eigenvalue weighted by molar-refractivity contribution is 0.682. The van der Waals surface area contributed by atoms with Crippen molar-refractivity contribution in [3.63, 3.8) is 0 Å². The largest absolute Gasteiger partial charge is 0.259 e. The van der Waals surface area contributed by atoms with Gasteiger partial charge in [-0.1, -0.05) is 30.3 Å². The SMILES string of the molecule is [c]1ccnn1Cc1ccccc1. The van der Waals surface area contributed by atoms with Gasteiger partial charge in [-0.3, -0.25) is 4.68 Å². The number of hydrogen-bond donors (Lipinski definition) is 0. The molecule has 0 unspecified atom stereocenters. The van der Waals surface area contributed by atoms with Crippen molar-refractivity contribution in [1.29, 1.82) is 0 Å². The molecule has 2 heteroatoms. The summed E-state index contributed by atoms with van der Waals surface area (Å²) in [6.45, 7) is 0.799. The lowest BCUT2D eigenvalue weighted by atomic mass is 10.2. The molecule has 2 rings (SSSR count). The molecule has 12 heavy (non-hydrogen) atoms. The smallest absolute Gasteiger partial charge is 0.0867 e. The Bertz CT molecular complexity index is 324. The van der Waals surface area contributed by atoms with Crippen LogP contribution in [0.25, 0.3) is 0 Å². The molecule has 0 spiro atoms. The molecule has 1 heterocycles. The van der Waals surface area contributed by atoms with Crippen LogP contribution in [-0.2, 0) is 6.54 Å². The summed E-state index contributed by atoms with van der Waals surface area (Å²) in [7, 11) is 0. The Morgan fingerprint density at radius 1 is 1.25 bits per heavy atom. The first-order chi connectivity index (χ1) is 5.95. The second kappa shape index (κ2) is 3.22. The van der Waals surface area contributed by atoms with Gasteiger partial charge >= 0.3 is 0 Å². The molecule has 0 saturated heterocycles. The maximum absolute atomic E-state index is 4.07. The Balaban J connectivity index is 2.15. The summed E-state index contributed by atoms with van der Waals surface area (Å²) in [6.07, 6.45) is 4.73. The summed E-state index contributed by atoms with van der Waals surface area (Å²) in [4.78, 5) is 0. The average Bonchev–Trinajstić information content (AvgIpc) is 2.59. The molecule has 0 atom stereocenters. The predicted molar refractivity (Wildman–Crippen MR) is 46.6 cm³/mol. The summed E-state index contributed by atoms with van der Waals surface area (Å²) >= 11 is 0. The van der Waals surface area contributed by atoms with Gasteiger partial charge in [0, 0.05) is 6.20 Å². The Morgan fingerprint density at radius 3 is 2.75 bits per heavy atom. The molecule has 0 N–H and O–H groups in total. The van der Waals surface area contributed by atoms with E-state index in [2.05, 4.69) is 23.4 Å². The van der Waals surface area contributed by atoms with Crippen molar-refractivity contribution in [1.82, 2.24) is 9.78 Å². The van der Waals surface area contributed by atoms with Crippen molar-refractivity contribution in [2.75, 3.05) is 0 Å². The maximum atomic E-state index is 4.07. The van der Waals surface area contributed by atoms with Crippen LogP contribution in [0.15, 0.2) is 42.6 Å². The molecule has 0 aliphatic rings. The van der Waals surface area contributed by atoms with Crippen molar-refractivity contribution >= 4 is 0 Å². The predicted octanol–water partition coefficient (Wildman–Crippen LogP) is 1.73. The van der Waals surface area contributed by atoms with E-state index in [9.17, 15) is 0 Å². The van der Waals surface area contributed by atoms with Crippen molar-refractivity contribution in [2.45, 2.75) is 6.54 Å². The first kappa shape index (κ1) is 7.10. The highest BCUT2D eigenvalue weighted by molar-refractivity contribution is 5.14. The van der Waals surface area contributed by atoms with E-state index in [0.717, 1.165) is 6.54 Å². The van der Waals surface area contributed by atoms with E-state index >= 15 is 0 Å². The standard InChI is InChI=1S/C10H9N2/c1-2-5-10(6-3-1)9-12-8-4-7-11-12/h1-7H,9H2. The molecule has 0 aliphatic carbocycles. The highest BCUT2D eigenvalue weighted by atomic mass is 15.3. The van der Waals surface area contributed by atoms with Crippen LogP contribution >= 0.6 is 0 Å². The number of benzene rings is 1. The molecule has 0 aliphatic heterocycles. The van der Waals surface area contributed by atoms with Crippen LogP contribution in [0.4, 0.5) is 0 Å². The molecule has 1 radical (unpaired) electrons. The summed E-state index contributed by atoms with van der Waals surface area (Å²) in [5.74, 6) is 0. The second-order valence-electron chi connectivity index (χ2n) is 2.60. The van der Waals surface area contributed by atoms with Crippen LogP contribution in [0.5, 0.6) is 0 Å². The van der Waals surface area contributed by atoms with E-state index in [-0.39, 0.29) is 0 Å². The Labute approximate surface area is 71.5 Å². The van der Waals surface area contributed by atoms with Crippen LogP contribution < -0.4 is 0 Å². The Kier molecular flexibility index (Phi) is 1.90. The van der Waals surface area contributed by atoms with Gasteiger partial charge in [-0.15, -0.1) is 0 Å². The van der Waals surface area contributed by atoms with Crippen LogP contribution in [0.1, 0.15) is 5.56 Å². The first-order valence-corrected chi connectivity index (χ1v) is 3.88. The Morgan fingerprint density at radius 2 is 2.08 bits per heavy atom.